The highest BCUT2D eigenvalue weighted by Gasteiger charge is 2.22. The highest BCUT2D eigenvalue weighted by Crippen LogP contribution is 2.31. The molecule has 0 spiro atoms. The Morgan fingerprint density at radius 1 is 1.31 bits per heavy atom. The molecule has 5 nitrogen and oxygen atoms in total. The van der Waals surface area contributed by atoms with Gasteiger partial charge in [0.2, 0.25) is 0 Å². The monoisotopic (exact) mass is 371 g/mol. The third-order valence-corrected chi connectivity index (χ3v) is 4.92. The fourth-order valence-corrected chi connectivity index (χ4v) is 3.57. The highest BCUT2D eigenvalue weighted by molar-refractivity contribution is 7.98. The molecule has 0 atom stereocenters. The molecule has 1 N–H and O–H groups in total. The van der Waals surface area contributed by atoms with Crippen LogP contribution in [0.3, 0.4) is 0 Å². The molecule has 2 aromatic rings. The van der Waals surface area contributed by atoms with Crippen molar-refractivity contribution in [3.63, 3.8) is 0 Å². The Morgan fingerprint density at radius 3 is 2.65 bits per heavy atom. The molecular weight excluding hydrogens is 346 g/mol. The van der Waals surface area contributed by atoms with E-state index in [0.29, 0.717) is 18.0 Å². The first kappa shape index (κ1) is 20.0. The number of carbonyl (C=O) groups is 1. The van der Waals surface area contributed by atoms with Crippen molar-refractivity contribution in [2.75, 3.05) is 25.2 Å². The van der Waals surface area contributed by atoms with Gasteiger partial charge in [0.05, 0.1) is 18.6 Å². The Hall–Kier alpha value is -2.34. The minimum Gasteiger partial charge on any atom is -0.462 e. The van der Waals surface area contributed by atoms with Crippen molar-refractivity contribution in [2.24, 2.45) is 4.99 Å². The molecule has 0 amide bonds. The van der Waals surface area contributed by atoms with E-state index in [1.165, 1.54) is 11.9 Å². The molecule has 138 valence electrons. The van der Waals surface area contributed by atoms with Gasteiger partial charge in [0.1, 0.15) is 11.4 Å². The molecule has 0 saturated heterocycles. The average Bonchev–Trinajstić information content (AvgIpc) is 2.65. The number of pyridine rings is 1. The molecule has 26 heavy (non-hydrogen) atoms. The van der Waals surface area contributed by atoms with Crippen molar-refractivity contribution in [1.29, 1.82) is 0 Å². The number of anilines is 1. The van der Waals surface area contributed by atoms with Gasteiger partial charge in [0.15, 0.2) is 0 Å². The summed E-state index contributed by atoms with van der Waals surface area (Å²) >= 11 is 1.61. The Morgan fingerprint density at radius 2 is 2.04 bits per heavy atom. The lowest BCUT2D eigenvalue weighted by molar-refractivity contribution is 0.0526. The van der Waals surface area contributed by atoms with Crippen LogP contribution in [0, 0.1) is 6.92 Å². The molecule has 0 unspecified atom stereocenters. The molecule has 0 aliphatic carbocycles. The second-order valence-electron chi connectivity index (χ2n) is 5.68. The number of aryl methyl sites for hydroxylation is 2. The number of nitrogens with one attached hydrogen (secondary N) is 1. The molecule has 6 heteroatoms. The van der Waals surface area contributed by atoms with E-state index in [1.807, 2.05) is 31.4 Å². The first-order valence-corrected chi connectivity index (χ1v) is 9.80. The van der Waals surface area contributed by atoms with Crippen molar-refractivity contribution < 1.29 is 9.53 Å². The lowest BCUT2D eigenvalue weighted by atomic mass is 10.0. The predicted octanol–water partition coefficient (Wildman–Crippen LogP) is 4.14. The van der Waals surface area contributed by atoms with E-state index in [4.69, 9.17) is 9.72 Å². The van der Waals surface area contributed by atoms with Crippen molar-refractivity contribution >= 4 is 29.9 Å². The summed E-state index contributed by atoms with van der Waals surface area (Å²) in [6, 6.07) is 10.3. The van der Waals surface area contributed by atoms with Gasteiger partial charge < -0.3 is 10.1 Å². The van der Waals surface area contributed by atoms with Crippen molar-refractivity contribution in [3.05, 3.63) is 52.7 Å². The number of aromatic nitrogens is 1. The van der Waals surface area contributed by atoms with Gasteiger partial charge >= 0.3 is 5.97 Å². The van der Waals surface area contributed by atoms with Crippen LogP contribution in [-0.2, 0) is 17.6 Å². The zero-order valence-corrected chi connectivity index (χ0v) is 16.5. The molecule has 0 fully saturated rings. The fraction of sp³-hybridized carbons (Fsp3) is 0.350. The summed E-state index contributed by atoms with van der Waals surface area (Å²) in [5.74, 6) is 0.127. The number of hydrogen-bond donors (Lipinski definition) is 1. The molecular formula is C20H25N3O2S. The maximum atomic E-state index is 12.5. The SMILES string of the molecule is CCOC(=O)c1c(NC=NC)nc(CCc2ccccc2)c(SC)c1C. The standard InChI is InChI=1S/C20H25N3O2S/c1-5-25-20(24)17-14(2)18(26-4)16(23-19(17)22-13-21-3)12-11-15-9-7-6-8-10-15/h6-10,13H,5,11-12H2,1-4H3,(H,21,22,23). The topological polar surface area (TPSA) is 63.6 Å². The molecule has 2 rings (SSSR count). The van der Waals surface area contributed by atoms with Crippen molar-refractivity contribution in [2.45, 2.75) is 31.6 Å². The maximum Gasteiger partial charge on any atom is 0.342 e. The summed E-state index contributed by atoms with van der Waals surface area (Å²) < 4.78 is 5.23. The number of hydrogen-bond acceptors (Lipinski definition) is 5. The van der Waals surface area contributed by atoms with Crippen LogP contribution in [0.4, 0.5) is 5.82 Å². The smallest absolute Gasteiger partial charge is 0.342 e. The lowest BCUT2D eigenvalue weighted by Gasteiger charge is -2.17. The number of aliphatic imine (C=N–C) groups is 1. The van der Waals surface area contributed by atoms with Crippen LogP contribution in [0.5, 0.6) is 0 Å². The second-order valence-corrected chi connectivity index (χ2v) is 6.49. The minimum absolute atomic E-state index is 0.323. The van der Waals surface area contributed by atoms with Crippen LogP contribution in [-0.4, -0.2) is 37.2 Å². The second kappa shape index (κ2) is 9.97. The highest BCUT2D eigenvalue weighted by atomic mass is 32.2. The van der Waals surface area contributed by atoms with Crippen LogP contribution in [0.25, 0.3) is 0 Å². The minimum atomic E-state index is -0.366. The van der Waals surface area contributed by atoms with Crippen molar-refractivity contribution in [3.8, 4) is 0 Å². The number of nitrogens with zero attached hydrogens (tertiary/aromatic N) is 2. The Bertz CT molecular complexity index is 776. The zero-order valence-electron chi connectivity index (χ0n) is 15.7. The summed E-state index contributed by atoms with van der Waals surface area (Å²) in [6.07, 6.45) is 5.22. The van der Waals surface area contributed by atoms with Gasteiger partial charge in [-0.15, -0.1) is 11.8 Å². The van der Waals surface area contributed by atoms with E-state index in [0.717, 1.165) is 29.0 Å². The molecule has 0 bridgehead atoms. The van der Waals surface area contributed by atoms with Gasteiger partial charge in [-0.1, -0.05) is 30.3 Å². The summed E-state index contributed by atoms with van der Waals surface area (Å²) in [4.78, 5) is 22.2. The number of thioether (sulfide) groups is 1. The third-order valence-electron chi connectivity index (χ3n) is 3.97. The van der Waals surface area contributed by atoms with Crippen LogP contribution in [0.15, 0.2) is 40.2 Å². The maximum absolute atomic E-state index is 12.5. The number of benzene rings is 1. The third kappa shape index (κ3) is 4.85. The largest absolute Gasteiger partial charge is 0.462 e. The number of ether oxygens (including phenoxy) is 1. The number of esters is 1. The van der Waals surface area contributed by atoms with Crippen LogP contribution >= 0.6 is 11.8 Å². The number of carbonyl (C=O) groups excluding carboxylic acids is 1. The first-order chi connectivity index (χ1) is 12.6. The van der Waals surface area contributed by atoms with E-state index in [2.05, 4.69) is 22.4 Å². The molecule has 1 heterocycles. The van der Waals surface area contributed by atoms with E-state index in [9.17, 15) is 4.79 Å². The molecule has 1 aromatic carbocycles. The van der Waals surface area contributed by atoms with Gasteiger partial charge in [-0.2, -0.15) is 0 Å². The Kier molecular flexibility index (Phi) is 7.66. The predicted molar refractivity (Wildman–Crippen MR) is 109 cm³/mol. The summed E-state index contributed by atoms with van der Waals surface area (Å²) in [6.45, 7) is 4.06. The summed E-state index contributed by atoms with van der Waals surface area (Å²) in [7, 11) is 1.66. The van der Waals surface area contributed by atoms with E-state index >= 15 is 0 Å². The zero-order chi connectivity index (χ0) is 18.9. The molecule has 0 aliphatic heterocycles. The van der Waals surface area contributed by atoms with Crippen LogP contribution in [0.2, 0.25) is 0 Å². The van der Waals surface area contributed by atoms with Crippen LogP contribution < -0.4 is 5.32 Å². The number of rotatable bonds is 8. The van der Waals surface area contributed by atoms with E-state index in [1.54, 1.807) is 25.7 Å². The van der Waals surface area contributed by atoms with Crippen LogP contribution in [0.1, 0.15) is 34.1 Å². The van der Waals surface area contributed by atoms with Gasteiger partial charge in [-0.3, -0.25) is 4.99 Å². The molecule has 0 aliphatic rings. The Labute approximate surface area is 159 Å². The first-order valence-electron chi connectivity index (χ1n) is 8.58. The van der Waals surface area contributed by atoms with E-state index < -0.39 is 0 Å². The Balaban J connectivity index is 2.43. The quantitative estimate of drug-likeness (QED) is 0.327. The normalized spacial score (nSPS) is 10.9. The summed E-state index contributed by atoms with van der Waals surface area (Å²) in [5.41, 5.74) is 3.59. The van der Waals surface area contributed by atoms with Gasteiger partial charge in [-0.25, -0.2) is 9.78 Å². The van der Waals surface area contributed by atoms with Crippen molar-refractivity contribution in [1.82, 2.24) is 4.98 Å². The fourth-order valence-electron chi connectivity index (χ4n) is 2.78. The average molecular weight is 372 g/mol. The van der Waals surface area contributed by atoms with Gasteiger partial charge in [0, 0.05) is 11.9 Å². The summed E-state index contributed by atoms with van der Waals surface area (Å²) in [5, 5.41) is 3.02. The molecule has 0 saturated carbocycles. The van der Waals surface area contributed by atoms with E-state index in [-0.39, 0.29) is 5.97 Å². The lowest BCUT2D eigenvalue weighted by Crippen LogP contribution is -2.15. The van der Waals surface area contributed by atoms with Gasteiger partial charge in [0.25, 0.3) is 0 Å². The molecule has 1 aromatic heterocycles. The van der Waals surface area contributed by atoms with Gasteiger partial charge in [-0.05, 0) is 44.1 Å². The molecule has 0 radical (unpaired) electrons.